The molecule has 0 saturated heterocycles. The number of unbranched alkanes of at least 4 members (excludes halogenated alkanes) is 1. The molecule has 0 saturated carbocycles. The number of nitrogens with one attached hydrogen (secondary N) is 2. The van der Waals surface area contributed by atoms with Gasteiger partial charge in [0.05, 0.1) is 0 Å². The zero-order valence-electron chi connectivity index (χ0n) is 11.0. The summed E-state index contributed by atoms with van der Waals surface area (Å²) in [6, 6.07) is 0. The number of aromatic nitrogens is 2. The van der Waals surface area contributed by atoms with Crippen LogP contribution in [0.1, 0.15) is 12.8 Å². The zero-order valence-corrected chi connectivity index (χ0v) is 12.6. The molecule has 0 fully saturated rings. The number of imidazole rings is 1. The monoisotopic (exact) mass is 319 g/mol. The van der Waals surface area contributed by atoms with Crippen LogP contribution in [0.3, 0.4) is 0 Å². The van der Waals surface area contributed by atoms with Crippen molar-refractivity contribution in [3.8, 4) is 0 Å². The molecule has 0 aliphatic rings. The van der Waals surface area contributed by atoms with Gasteiger partial charge in [-0.3, -0.25) is 4.40 Å². The molecule has 0 atom stereocenters. The average molecular weight is 319 g/mol. The molecule has 0 aliphatic heterocycles. The Labute approximate surface area is 121 Å². The fraction of sp³-hybridized carbons (Fsp3) is 0.500. The van der Waals surface area contributed by atoms with Crippen LogP contribution in [-0.4, -0.2) is 38.1 Å². The number of thiazole rings is 1. The van der Waals surface area contributed by atoms with Crippen molar-refractivity contribution in [3.05, 3.63) is 11.6 Å². The van der Waals surface area contributed by atoms with Crippen LogP contribution in [0, 0.1) is 0 Å². The third-order valence-electron chi connectivity index (χ3n) is 2.68. The number of rotatable bonds is 8. The van der Waals surface area contributed by atoms with Gasteiger partial charge in [-0.2, -0.15) is 4.98 Å². The van der Waals surface area contributed by atoms with Gasteiger partial charge >= 0.3 is 0 Å². The van der Waals surface area contributed by atoms with E-state index < -0.39 is 10.0 Å². The van der Waals surface area contributed by atoms with Gasteiger partial charge in [0.2, 0.25) is 5.03 Å². The first kappa shape index (κ1) is 15.2. The Hall–Kier alpha value is -1.20. The Balaban J connectivity index is 2.16. The Morgan fingerprint density at radius 3 is 3.00 bits per heavy atom. The SMILES string of the molecule is COCCCCNS(=O)(=O)c1c(NN)nc2sccn12. The predicted molar refractivity (Wildman–Crippen MR) is 77.2 cm³/mol. The Kier molecular flexibility index (Phi) is 4.94. The maximum Gasteiger partial charge on any atom is 0.260 e. The maximum absolute atomic E-state index is 12.3. The molecule has 10 heteroatoms. The summed E-state index contributed by atoms with van der Waals surface area (Å²) >= 11 is 1.34. The van der Waals surface area contributed by atoms with Gasteiger partial charge in [-0.15, -0.1) is 11.3 Å². The van der Waals surface area contributed by atoms with E-state index in [4.69, 9.17) is 10.6 Å². The van der Waals surface area contributed by atoms with Crippen LogP contribution in [0.5, 0.6) is 0 Å². The van der Waals surface area contributed by atoms with Crippen LogP contribution in [0.4, 0.5) is 5.82 Å². The molecule has 2 rings (SSSR count). The van der Waals surface area contributed by atoms with E-state index in [-0.39, 0.29) is 10.8 Å². The molecule has 112 valence electrons. The fourth-order valence-corrected chi connectivity index (χ4v) is 3.85. The van der Waals surface area contributed by atoms with Gasteiger partial charge in [0, 0.05) is 31.8 Å². The van der Waals surface area contributed by atoms with Crippen molar-refractivity contribution in [1.29, 1.82) is 0 Å². The average Bonchev–Trinajstić information content (AvgIpc) is 2.97. The number of hydrazine groups is 1. The van der Waals surface area contributed by atoms with Crippen molar-refractivity contribution in [1.82, 2.24) is 14.1 Å². The van der Waals surface area contributed by atoms with Crippen molar-refractivity contribution in [2.24, 2.45) is 5.84 Å². The van der Waals surface area contributed by atoms with E-state index in [0.717, 1.165) is 6.42 Å². The molecule has 8 nitrogen and oxygen atoms in total. The standard InChI is InChI=1S/C10H17N5O3S2/c1-18-6-3-2-4-12-20(16,17)9-8(14-11)13-10-15(9)5-7-19-10/h5,7,12,14H,2-4,6,11H2,1H3. The van der Waals surface area contributed by atoms with Gasteiger partial charge in [0.25, 0.3) is 10.0 Å². The number of ether oxygens (including phenoxy) is 1. The van der Waals surface area contributed by atoms with Crippen LogP contribution >= 0.6 is 11.3 Å². The second-order valence-electron chi connectivity index (χ2n) is 4.06. The number of hydrogen-bond donors (Lipinski definition) is 3. The highest BCUT2D eigenvalue weighted by atomic mass is 32.2. The predicted octanol–water partition coefficient (Wildman–Crippen LogP) is 0.386. The lowest BCUT2D eigenvalue weighted by Gasteiger charge is -2.07. The van der Waals surface area contributed by atoms with E-state index >= 15 is 0 Å². The normalized spacial score (nSPS) is 12.1. The van der Waals surface area contributed by atoms with E-state index in [2.05, 4.69) is 15.1 Å². The lowest BCUT2D eigenvalue weighted by atomic mass is 10.3. The van der Waals surface area contributed by atoms with Crippen molar-refractivity contribution in [2.75, 3.05) is 25.7 Å². The van der Waals surface area contributed by atoms with Crippen molar-refractivity contribution in [3.63, 3.8) is 0 Å². The van der Waals surface area contributed by atoms with E-state index in [1.165, 1.54) is 15.7 Å². The van der Waals surface area contributed by atoms with E-state index in [1.54, 1.807) is 18.7 Å². The second kappa shape index (κ2) is 6.50. The summed E-state index contributed by atoms with van der Waals surface area (Å²) in [6.45, 7) is 0.950. The molecule has 0 unspecified atom stereocenters. The third kappa shape index (κ3) is 3.10. The minimum Gasteiger partial charge on any atom is -0.385 e. The van der Waals surface area contributed by atoms with Crippen LogP contribution in [0.15, 0.2) is 16.6 Å². The van der Waals surface area contributed by atoms with Gasteiger partial charge < -0.3 is 10.2 Å². The highest BCUT2D eigenvalue weighted by molar-refractivity contribution is 7.89. The molecule has 2 heterocycles. The van der Waals surface area contributed by atoms with Crippen molar-refractivity contribution >= 4 is 32.1 Å². The van der Waals surface area contributed by atoms with E-state index in [1.807, 2.05) is 0 Å². The van der Waals surface area contributed by atoms with Crippen LogP contribution in [0.25, 0.3) is 4.96 Å². The molecule has 0 spiro atoms. The molecule has 2 aromatic heterocycles. The maximum atomic E-state index is 12.3. The highest BCUT2D eigenvalue weighted by Crippen LogP contribution is 2.24. The second-order valence-corrected chi connectivity index (χ2v) is 6.62. The zero-order chi connectivity index (χ0) is 14.6. The summed E-state index contributed by atoms with van der Waals surface area (Å²) in [6.07, 6.45) is 3.14. The Bertz CT molecular complexity index is 664. The number of nitrogen functional groups attached to an aromatic ring is 1. The first-order chi connectivity index (χ1) is 9.60. The molecule has 20 heavy (non-hydrogen) atoms. The fourth-order valence-electron chi connectivity index (χ4n) is 1.76. The number of methoxy groups -OCH3 is 1. The van der Waals surface area contributed by atoms with Gasteiger partial charge in [-0.05, 0) is 12.8 Å². The van der Waals surface area contributed by atoms with Crippen LogP contribution < -0.4 is 16.0 Å². The summed E-state index contributed by atoms with van der Waals surface area (Å²) in [5, 5.41) is 1.79. The van der Waals surface area contributed by atoms with Crippen molar-refractivity contribution < 1.29 is 13.2 Å². The highest BCUT2D eigenvalue weighted by Gasteiger charge is 2.25. The molecule has 0 bridgehead atoms. The van der Waals surface area contributed by atoms with Gasteiger partial charge in [0.15, 0.2) is 10.8 Å². The van der Waals surface area contributed by atoms with E-state index in [0.29, 0.717) is 24.5 Å². The summed E-state index contributed by atoms with van der Waals surface area (Å²) in [7, 11) is -2.06. The number of hydrogen-bond acceptors (Lipinski definition) is 7. The van der Waals surface area contributed by atoms with Gasteiger partial charge in [0.1, 0.15) is 0 Å². The number of sulfonamides is 1. The minimum absolute atomic E-state index is 0.0305. The summed E-state index contributed by atoms with van der Waals surface area (Å²) in [4.78, 5) is 4.69. The first-order valence-electron chi connectivity index (χ1n) is 6.01. The molecular formula is C10H17N5O3S2. The van der Waals surface area contributed by atoms with Gasteiger partial charge in [-0.25, -0.2) is 19.0 Å². The quantitative estimate of drug-likeness (QED) is 0.369. The first-order valence-corrected chi connectivity index (χ1v) is 8.37. The topological polar surface area (TPSA) is 111 Å². The lowest BCUT2D eigenvalue weighted by molar-refractivity contribution is 0.193. The number of fused-ring (bicyclic) bond motifs is 1. The van der Waals surface area contributed by atoms with Gasteiger partial charge in [-0.1, -0.05) is 0 Å². The Morgan fingerprint density at radius 1 is 1.50 bits per heavy atom. The van der Waals surface area contributed by atoms with E-state index in [9.17, 15) is 8.42 Å². The summed E-state index contributed by atoms with van der Waals surface area (Å²) in [5.41, 5.74) is 2.32. The lowest BCUT2D eigenvalue weighted by Crippen LogP contribution is -2.27. The van der Waals surface area contributed by atoms with Crippen LogP contribution in [0.2, 0.25) is 0 Å². The molecule has 2 aromatic rings. The largest absolute Gasteiger partial charge is 0.385 e. The molecule has 0 radical (unpaired) electrons. The summed E-state index contributed by atoms with van der Waals surface area (Å²) < 4.78 is 33.6. The molecule has 0 aliphatic carbocycles. The smallest absolute Gasteiger partial charge is 0.260 e. The minimum atomic E-state index is -3.67. The molecule has 0 amide bonds. The molecular weight excluding hydrogens is 302 g/mol. The molecule has 0 aromatic carbocycles. The number of nitrogens with zero attached hydrogens (tertiary/aromatic N) is 2. The molecule has 4 N–H and O–H groups in total. The van der Waals surface area contributed by atoms with Crippen LogP contribution in [-0.2, 0) is 14.8 Å². The number of nitrogens with two attached hydrogens (primary N) is 1. The summed E-state index contributed by atoms with van der Waals surface area (Å²) in [5.74, 6) is 5.47. The van der Waals surface area contributed by atoms with Crippen molar-refractivity contribution in [2.45, 2.75) is 17.9 Å². The third-order valence-corrected chi connectivity index (χ3v) is 4.92. The Morgan fingerprint density at radius 2 is 2.30 bits per heavy atom. The number of anilines is 1.